The average molecular weight is 351 g/mol. The highest BCUT2D eigenvalue weighted by Crippen LogP contribution is 2.28. The minimum absolute atomic E-state index is 0.0290. The third-order valence-electron chi connectivity index (χ3n) is 3.89. The molecule has 1 N–H and O–H groups in total. The Hall–Kier alpha value is -2.40. The first-order valence-electron chi connectivity index (χ1n) is 8.35. The summed E-state index contributed by atoms with van der Waals surface area (Å²) < 4.78 is 0. The molecule has 128 valence electrons. The van der Waals surface area contributed by atoms with Crippen molar-refractivity contribution in [1.29, 1.82) is 0 Å². The van der Waals surface area contributed by atoms with Gasteiger partial charge in [-0.2, -0.15) is 0 Å². The number of thioether (sulfide) groups is 1. The molecule has 0 unspecified atom stereocenters. The van der Waals surface area contributed by atoms with Gasteiger partial charge in [-0.15, -0.1) is 0 Å². The molecule has 0 bridgehead atoms. The molecule has 1 heterocycles. The molecule has 0 fully saturated rings. The van der Waals surface area contributed by atoms with E-state index in [1.807, 2.05) is 56.3 Å². The van der Waals surface area contributed by atoms with Gasteiger partial charge in [0.05, 0.1) is 10.8 Å². The Labute approximate surface area is 152 Å². The van der Waals surface area contributed by atoms with Crippen LogP contribution in [0.2, 0.25) is 0 Å². The van der Waals surface area contributed by atoms with Crippen LogP contribution in [-0.2, 0) is 11.2 Å². The van der Waals surface area contributed by atoms with Gasteiger partial charge in [-0.3, -0.25) is 4.79 Å². The molecule has 3 aromatic rings. The van der Waals surface area contributed by atoms with Gasteiger partial charge in [-0.1, -0.05) is 60.3 Å². The Morgan fingerprint density at radius 3 is 2.60 bits per heavy atom. The number of rotatable bonds is 6. The summed E-state index contributed by atoms with van der Waals surface area (Å²) in [4.78, 5) is 21.4. The van der Waals surface area contributed by atoms with E-state index in [0.29, 0.717) is 6.54 Å². The lowest BCUT2D eigenvalue weighted by Gasteiger charge is -2.13. The summed E-state index contributed by atoms with van der Waals surface area (Å²) >= 11 is 1.48. The van der Waals surface area contributed by atoms with Crippen molar-refractivity contribution < 1.29 is 4.79 Å². The minimum atomic E-state index is -0.214. The summed E-state index contributed by atoms with van der Waals surface area (Å²) in [6.45, 7) is 4.42. The molecule has 25 heavy (non-hydrogen) atoms. The Bertz CT molecular complexity index is 867. The fraction of sp³-hybridized carbons (Fsp3) is 0.250. The molecule has 0 aliphatic rings. The highest BCUT2D eigenvalue weighted by Gasteiger charge is 2.17. The van der Waals surface area contributed by atoms with E-state index in [-0.39, 0.29) is 11.2 Å². The number of para-hydroxylation sites is 1. The van der Waals surface area contributed by atoms with Gasteiger partial charge < -0.3 is 5.32 Å². The van der Waals surface area contributed by atoms with Crippen molar-refractivity contribution >= 4 is 28.6 Å². The van der Waals surface area contributed by atoms with Crippen LogP contribution < -0.4 is 5.32 Å². The largest absolute Gasteiger partial charge is 0.355 e. The summed E-state index contributed by atoms with van der Waals surface area (Å²) in [6, 6.07) is 18.1. The number of carbonyl (C=O) groups is 1. The summed E-state index contributed by atoms with van der Waals surface area (Å²) in [5.74, 6) is 0.749. The van der Waals surface area contributed by atoms with Crippen LogP contribution in [0.15, 0.2) is 59.6 Å². The lowest BCUT2D eigenvalue weighted by atomic mass is 10.1. The van der Waals surface area contributed by atoms with Crippen molar-refractivity contribution in [3.63, 3.8) is 0 Å². The Morgan fingerprint density at radius 2 is 1.80 bits per heavy atom. The Morgan fingerprint density at radius 1 is 1.08 bits per heavy atom. The quantitative estimate of drug-likeness (QED) is 0.542. The van der Waals surface area contributed by atoms with E-state index in [4.69, 9.17) is 0 Å². The Kier molecular flexibility index (Phi) is 5.66. The SMILES string of the molecule is Cc1nc(S[C@H](C)C(=O)NCCc2ccccc2)c2ccccc2n1. The van der Waals surface area contributed by atoms with Gasteiger partial charge in [-0.05, 0) is 31.9 Å². The average Bonchev–Trinajstić information content (AvgIpc) is 2.62. The lowest BCUT2D eigenvalue weighted by molar-refractivity contribution is -0.120. The maximum atomic E-state index is 12.4. The number of nitrogens with zero attached hydrogens (tertiary/aromatic N) is 2. The predicted octanol–water partition coefficient (Wildman–Crippen LogP) is 3.78. The van der Waals surface area contributed by atoms with Crippen molar-refractivity contribution in [2.45, 2.75) is 30.5 Å². The molecule has 1 amide bonds. The van der Waals surface area contributed by atoms with Crippen LogP contribution in [-0.4, -0.2) is 27.7 Å². The molecular weight excluding hydrogens is 330 g/mol. The molecule has 5 heteroatoms. The van der Waals surface area contributed by atoms with Crippen molar-refractivity contribution in [3.05, 3.63) is 66.0 Å². The number of nitrogens with one attached hydrogen (secondary N) is 1. The molecule has 0 saturated carbocycles. The first-order chi connectivity index (χ1) is 12.1. The highest BCUT2D eigenvalue weighted by molar-refractivity contribution is 8.00. The summed E-state index contributed by atoms with van der Waals surface area (Å²) in [6.07, 6.45) is 0.833. The third kappa shape index (κ3) is 4.57. The normalized spacial score (nSPS) is 12.1. The van der Waals surface area contributed by atoms with Gasteiger partial charge in [0.25, 0.3) is 0 Å². The van der Waals surface area contributed by atoms with E-state index >= 15 is 0 Å². The van der Waals surface area contributed by atoms with Crippen LogP contribution in [0.1, 0.15) is 18.3 Å². The van der Waals surface area contributed by atoms with Gasteiger partial charge in [0.1, 0.15) is 10.9 Å². The summed E-state index contributed by atoms with van der Waals surface area (Å²) in [5.41, 5.74) is 2.13. The van der Waals surface area contributed by atoms with E-state index in [0.717, 1.165) is 28.2 Å². The van der Waals surface area contributed by atoms with E-state index in [9.17, 15) is 4.79 Å². The van der Waals surface area contributed by atoms with Crippen LogP contribution in [0, 0.1) is 6.92 Å². The number of hydrogen-bond donors (Lipinski definition) is 1. The molecule has 0 aliphatic carbocycles. The van der Waals surface area contributed by atoms with Gasteiger partial charge in [0.2, 0.25) is 5.91 Å². The first kappa shape index (κ1) is 17.4. The van der Waals surface area contributed by atoms with Crippen molar-refractivity contribution in [2.75, 3.05) is 6.54 Å². The van der Waals surface area contributed by atoms with Crippen molar-refractivity contribution in [3.8, 4) is 0 Å². The lowest BCUT2D eigenvalue weighted by Crippen LogP contribution is -2.32. The molecule has 3 rings (SSSR count). The summed E-state index contributed by atoms with van der Waals surface area (Å²) in [5, 5.41) is 4.64. The number of aryl methyl sites for hydroxylation is 1. The second-order valence-corrected chi connectivity index (χ2v) is 7.21. The number of carbonyl (C=O) groups excluding carboxylic acids is 1. The molecule has 2 aromatic carbocycles. The highest BCUT2D eigenvalue weighted by atomic mass is 32.2. The number of fused-ring (bicyclic) bond motifs is 1. The molecule has 0 radical (unpaired) electrons. The van der Waals surface area contributed by atoms with Crippen LogP contribution in [0.3, 0.4) is 0 Å². The first-order valence-corrected chi connectivity index (χ1v) is 9.23. The second kappa shape index (κ2) is 8.12. The van der Waals surface area contributed by atoms with Crippen LogP contribution >= 0.6 is 11.8 Å². The van der Waals surface area contributed by atoms with Gasteiger partial charge >= 0.3 is 0 Å². The minimum Gasteiger partial charge on any atom is -0.355 e. The smallest absolute Gasteiger partial charge is 0.233 e. The molecule has 1 atom stereocenters. The van der Waals surface area contributed by atoms with E-state index in [2.05, 4.69) is 27.4 Å². The number of aromatic nitrogens is 2. The molecule has 0 saturated heterocycles. The number of hydrogen-bond acceptors (Lipinski definition) is 4. The Balaban J connectivity index is 1.62. The standard InChI is InChI=1S/C20H21N3OS/c1-14(19(24)21-13-12-16-8-4-3-5-9-16)25-20-17-10-6-7-11-18(17)22-15(2)23-20/h3-11,14H,12-13H2,1-2H3,(H,21,24)/t14-/m1/s1. The molecule has 1 aromatic heterocycles. The van der Waals surface area contributed by atoms with Crippen LogP contribution in [0.25, 0.3) is 10.9 Å². The monoisotopic (exact) mass is 351 g/mol. The van der Waals surface area contributed by atoms with Crippen LogP contribution in [0.4, 0.5) is 0 Å². The summed E-state index contributed by atoms with van der Waals surface area (Å²) in [7, 11) is 0. The predicted molar refractivity (Wildman–Crippen MR) is 103 cm³/mol. The molecular formula is C20H21N3OS. The zero-order chi connectivity index (χ0) is 17.6. The van der Waals surface area contributed by atoms with Gasteiger partial charge in [0, 0.05) is 11.9 Å². The zero-order valence-electron chi connectivity index (χ0n) is 14.4. The van der Waals surface area contributed by atoms with Crippen molar-refractivity contribution in [1.82, 2.24) is 15.3 Å². The molecule has 0 aliphatic heterocycles. The van der Waals surface area contributed by atoms with E-state index in [1.165, 1.54) is 17.3 Å². The maximum Gasteiger partial charge on any atom is 0.233 e. The van der Waals surface area contributed by atoms with E-state index in [1.54, 1.807) is 0 Å². The third-order valence-corrected chi connectivity index (χ3v) is 5.00. The topological polar surface area (TPSA) is 54.9 Å². The number of amides is 1. The second-order valence-electron chi connectivity index (χ2n) is 5.88. The molecule has 0 spiro atoms. The molecule has 4 nitrogen and oxygen atoms in total. The van der Waals surface area contributed by atoms with Gasteiger partial charge in [-0.25, -0.2) is 9.97 Å². The van der Waals surface area contributed by atoms with Crippen LogP contribution in [0.5, 0.6) is 0 Å². The number of benzene rings is 2. The fourth-order valence-corrected chi connectivity index (χ4v) is 3.60. The fourth-order valence-electron chi connectivity index (χ4n) is 2.59. The van der Waals surface area contributed by atoms with Gasteiger partial charge in [0.15, 0.2) is 0 Å². The zero-order valence-corrected chi connectivity index (χ0v) is 15.2. The van der Waals surface area contributed by atoms with Crippen molar-refractivity contribution in [2.24, 2.45) is 0 Å². The maximum absolute atomic E-state index is 12.4. The van der Waals surface area contributed by atoms with E-state index < -0.39 is 0 Å².